The summed E-state index contributed by atoms with van der Waals surface area (Å²) in [5.74, 6) is 0. The largest absolute Gasteiger partial charge is 0.392 e. The van der Waals surface area contributed by atoms with E-state index in [1.165, 1.54) is 16.3 Å². The number of rotatable bonds is 12. The van der Waals surface area contributed by atoms with E-state index in [9.17, 15) is 9.90 Å². The first-order valence-electron chi connectivity index (χ1n) is 18.4. The number of urea groups is 1. The molecule has 3 N–H and O–H groups in total. The lowest BCUT2D eigenvalue weighted by Crippen LogP contribution is -2.38. The molecular weight excluding hydrogens is 659 g/mol. The van der Waals surface area contributed by atoms with E-state index in [1.807, 2.05) is 54.6 Å². The molecule has 0 bridgehead atoms. The summed E-state index contributed by atoms with van der Waals surface area (Å²) in [5.41, 5.74) is 8.37. The molecule has 7 heteroatoms. The number of aliphatic hydroxyl groups is 1. The molecular formula is C46H47N3O4. The highest BCUT2D eigenvalue weighted by atomic mass is 16.7. The normalized spacial score (nSPS) is 17.8. The average Bonchev–Trinajstić information content (AvgIpc) is 3.22. The van der Waals surface area contributed by atoms with Crippen LogP contribution in [0.15, 0.2) is 146 Å². The number of hydrogen-bond donors (Lipinski definition) is 3. The SMILES string of the molecule is CC(c1ccc2ccccc2c1)N(C)CC1CC(c2ccc(CO)cc2)OC(c2ccc(-c3cccc(CNC(=O)NCc4ccccc4)c3)cc2)O1. The summed E-state index contributed by atoms with van der Waals surface area (Å²) < 4.78 is 13.4. The number of benzene rings is 6. The zero-order chi connectivity index (χ0) is 36.6. The van der Waals surface area contributed by atoms with Crippen molar-refractivity contribution < 1.29 is 19.4 Å². The third-order valence-electron chi connectivity index (χ3n) is 10.2. The lowest BCUT2D eigenvalue weighted by Gasteiger charge is -2.39. The summed E-state index contributed by atoms with van der Waals surface area (Å²) in [5, 5.41) is 18.0. The molecule has 7 rings (SSSR count). The Morgan fingerprint density at radius 3 is 2.13 bits per heavy atom. The molecule has 0 aromatic heterocycles. The fourth-order valence-electron chi connectivity index (χ4n) is 6.95. The second kappa shape index (κ2) is 17.0. The fraction of sp³-hybridized carbons (Fsp3) is 0.239. The van der Waals surface area contributed by atoms with Crippen LogP contribution in [0.4, 0.5) is 4.79 Å². The number of hydrogen-bond acceptors (Lipinski definition) is 5. The molecule has 6 aromatic rings. The van der Waals surface area contributed by atoms with Gasteiger partial charge in [-0.3, -0.25) is 4.90 Å². The first-order chi connectivity index (χ1) is 25.9. The minimum absolute atomic E-state index is 0.00742. The van der Waals surface area contributed by atoms with Crippen LogP contribution in [0.3, 0.4) is 0 Å². The van der Waals surface area contributed by atoms with Crippen molar-refractivity contribution in [3.05, 3.63) is 179 Å². The molecule has 0 spiro atoms. The van der Waals surface area contributed by atoms with Gasteiger partial charge >= 0.3 is 6.03 Å². The smallest absolute Gasteiger partial charge is 0.315 e. The average molecular weight is 706 g/mol. The van der Waals surface area contributed by atoms with Crippen LogP contribution in [0.1, 0.15) is 65.2 Å². The Morgan fingerprint density at radius 1 is 0.698 bits per heavy atom. The van der Waals surface area contributed by atoms with E-state index in [2.05, 4.69) is 121 Å². The maximum Gasteiger partial charge on any atom is 0.315 e. The predicted octanol–water partition coefficient (Wildman–Crippen LogP) is 9.24. The standard InChI is InChI=1S/C46H47N3O4/c1-32(40-24-21-36-12-6-7-13-42(36)26-40)49(2)30-43-27-44(38-17-15-34(31-50)16-18-38)53-45(52-43)39-22-19-37(20-23-39)41-14-8-11-35(25-41)29-48-46(51)47-28-33-9-4-3-5-10-33/h3-26,32,43-45,50H,27-31H2,1-2H3,(H2,47,48,51). The van der Waals surface area contributed by atoms with Crippen LogP contribution in [0, 0.1) is 0 Å². The molecule has 53 heavy (non-hydrogen) atoms. The molecule has 6 aromatic carbocycles. The highest BCUT2D eigenvalue weighted by Gasteiger charge is 2.33. The number of fused-ring (bicyclic) bond motifs is 1. The van der Waals surface area contributed by atoms with E-state index in [0.717, 1.165) is 45.5 Å². The Hall–Kier alpha value is -5.31. The molecule has 2 amide bonds. The van der Waals surface area contributed by atoms with Gasteiger partial charge in [0.05, 0.1) is 18.8 Å². The number of amides is 2. The van der Waals surface area contributed by atoms with Crippen LogP contribution < -0.4 is 10.6 Å². The third kappa shape index (κ3) is 9.20. The first kappa shape index (κ1) is 36.1. The van der Waals surface area contributed by atoms with Crippen molar-refractivity contribution in [2.75, 3.05) is 13.6 Å². The Morgan fingerprint density at radius 2 is 1.38 bits per heavy atom. The van der Waals surface area contributed by atoms with Crippen LogP contribution in [-0.4, -0.2) is 35.7 Å². The van der Waals surface area contributed by atoms with Crippen LogP contribution in [0.25, 0.3) is 21.9 Å². The Kier molecular flexibility index (Phi) is 11.6. The van der Waals surface area contributed by atoms with Crippen molar-refractivity contribution in [3.63, 3.8) is 0 Å². The van der Waals surface area contributed by atoms with E-state index in [-0.39, 0.29) is 30.9 Å². The van der Waals surface area contributed by atoms with Gasteiger partial charge in [-0.15, -0.1) is 0 Å². The number of aliphatic hydroxyl groups excluding tert-OH is 1. The summed E-state index contributed by atoms with van der Waals surface area (Å²) in [7, 11) is 2.16. The molecule has 1 aliphatic heterocycles. The summed E-state index contributed by atoms with van der Waals surface area (Å²) in [6.07, 6.45) is -0.0605. The molecule has 4 unspecified atom stereocenters. The fourth-order valence-corrected chi connectivity index (χ4v) is 6.95. The van der Waals surface area contributed by atoms with Gasteiger partial charge in [0.1, 0.15) is 0 Å². The van der Waals surface area contributed by atoms with Crippen molar-refractivity contribution in [2.24, 2.45) is 0 Å². The van der Waals surface area contributed by atoms with Crippen LogP contribution in [-0.2, 0) is 29.2 Å². The van der Waals surface area contributed by atoms with Crippen LogP contribution in [0.5, 0.6) is 0 Å². The predicted molar refractivity (Wildman–Crippen MR) is 211 cm³/mol. The number of carbonyl (C=O) groups is 1. The quantitative estimate of drug-likeness (QED) is 0.118. The first-order valence-corrected chi connectivity index (χ1v) is 18.4. The summed E-state index contributed by atoms with van der Waals surface area (Å²) in [6, 6.07) is 49.6. The van der Waals surface area contributed by atoms with Gasteiger partial charge in [-0.2, -0.15) is 0 Å². The highest BCUT2D eigenvalue weighted by molar-refractivity contribution is 5.83. The van der Waals surface area contributed by atoms with E-state index in [4.69, 9.17) is 9.47 Å². The van der Waals surface area contributed by atoms with Gasteiger partial charge in [0.2, 0.25) is 0 Å². The van der Waals surface area contributed by atoms with Crippen molar-refractivity contribution >= 4 is 16.8 Å². The maximum atomic E-state index is 12.4. The van der Waals surface area contributed by atoms with Gasteiger partial charge in [0.15, 0.2) is 6.29 Å². The number of nitrogens with one attached hydrogen (secondary N) is 2. The monoisotopic (exact) mass is 705 g/mol. The van der Waals surface area contributed by atoms with Gasteiger partial charge in [0.25, 0.3) is 0 Å². The minimum Gasteiger partial charge on any atom is -0.392 e. The minimum atomic E-state index is -0.542. The molecule has 1 heterocycles. The molecule has 4 atom stereocenters. The second-order valence-corrected chi connectivity index (χ2v) is 13.9. The van der Waals surface area contributed by atoms with Crippen molar-refractivity contribution in [2.45, 2.75) is 57.6 Å². The molecule has 0 saturated carbocycles. The molecule has 1 fully saturated rings. The van der Waals surface area contributed by atoms with E-state index >= 15 is 0 Å². The molecule has 0 aliphatic carbocycles. The summed E-state index contributed by atoms with van der Waals surface area (Å²) in [6.45, 7) is 3.89. The van der Waals surface area contributed by atoms with Crippen LogP contribution >= 0.6 is 0 Å². The molecule has 0 radical (unpaired) electrons. The van der Waals surface area contributed by atoms with Crippen molar-refractivity contribution in [1.82, 2.24) is 15.5 Å². The zero-order valence-corrected chi connectivity index (χ0v) is 30.3. The Labute approximate surface area is 312 Å². The Balaban J connectivity index is 1.03. The zero-order valence-electron chi connectivity index (χ0n) is 30.3. The lowest BCUT2D eigenvalue weighted by molar-refractivity contribution is -0.253. The van der Waals surface area contributed by atoms with E-state index in [1.54, 1.807) is 0 Å². The molecule has 270 valence electrons. The van der Waals surface area contributed by atoms with Gasteiger partial charge < -0.3 is 25.2 Å². The van der Waals surface area contributed by atoms with E-state index < -0.39 is 6.29 Å². The van der Waals surface area contributed by atoms with E-state index in [0.29, 0.717) is 19.5 Å². The molecule has 1 saturated heterocycles. The van der Waals surface area contributed by atoms with Crippen molar-refractivity contribution in [3.8, 4) is 11.1 Å². The third-order valence-corrected chi connectivity index (χ3v) is 10.2. The Bertz CT molecular complexity index is 2100. The summed E-state index contributed by atoms with van der Waals surface area (Å²) >= 11 is 0. The van der Waals surface area contributed by atoms with Gasteiger partial charge in [-0.1, -0.05) is 133 Å². The second-order valence-electron chi connectivity index (χ2n) is 13.9. The lowest BCUT2D eigenvalue weighted by atomic mass is 9.98. The number of ether oxygens (including phenoxy) is 2. The number of nitrogens with zero attached hydrogens (tertiary/aromatic N) is 1. The topological polar surface area (TPSA) is 83.1 Å². The van der Waals surface area contributed by atoms with Crippen molar-refractivity contribution in [1.29, 1.82) is 0 Å². The number of carbonyl (C=O) groups excluding carboxylic acids is 1. The van der Waals surface area contributed by atoms with Gasteiger partial charge in [-0.25, -0.2) is 4.79 Å². The van der Waals surface area contributed by atoms with Crippen LogP contribution in [0.2, 0.25) is 0 Å². The molecule has 1 aliphatic rings. The maximum absolute atomic E-state index is 12.4. The van der Waals surface area contributed by atoms with Gasteiger partial charge in [0, 0.05) is 37.7 Å². The van der Waals surface area contributed by atoms with Gasteiger partial charge in [-0.05, 0) is 75.8 Å². The molecule has 7 nitrogen and oxygen atoms in total. The highest BCUT2D eigenvalue weighted by Crippen LogP contribution is 2.39. The number of likely N-dealkylation sites (N-methyl/N-ethyl adjacent to an activating group) is 1. The summed E-state index contributed by atoms with van der Waals surface area (Å²) in [4.78, 5) is 14.8.